The number of pyridine rings is 1. The summed E-state index contributed by atoms with van der Waals surface area (Å²) in [5.74, 6) is -1.54. The molecule has 2 heterocycles. The van der Waals surface area contributed by atoms with Gasteiger partial charge in [0, 0.05) is 29.0 Å². The molecular formula is C23H25FN4O4S. The summed E-state index contributed by atoms with van der Waals surface area (Å²) in [6, 6.07) is 10.5. The number of benzene rings is 1. The van der Waals surface area contributed by atoms with Gasteiger partial charge in [-0.25, -0.2) is 9.37 Å². The maximum absolute atomic E-state index is 14.8. The molecule has 1 aromatic carbocycles. The summed E-state index contributed by atoms with van der Waals surface area (Å²) in [4.78, 5) is 29.0. The third-order valence-corrected chi connectivity index (χ3v) is 6.06. The third-order valence-electron chi connectivity index (χ3n) is 4.97. The number of rotatable bonds is 9. The molecule has 3 aromatic rings. The van der Waals surface area contributed by atoms with E-state index in [1.165, 1.54) is 18.2 Å². The number of hydrogen-bond donors (Lipinski definition) is 5. The van der Waals surface area contributed by atoms with E-state index in [1.54, 1.807) is 38.1 Å². The molecule has 2 aromatic heterocycles. The highest BCUT2D eigenvalue weighted by Gasteiger charge is 2.19. The average molecular weight is 473 g/mol. The molecule has 3 rings (SSSR count). The number of nitrogens with zero attached hydrogens (tertiary/aromatic N) is 1. The van der Waals surface area contributed by atoms with E-state index < -0.39 is 23.7 Å². The van der Waals surface area contributed by atoms with Gasteiger partial charge in [-0.15, -0.1) is 11.3 Å². The van der Waals surface area contributed by atoms with E-state index in [-0.39, 0.29) is 30.4 Å². The number of aromatic nitrogens is 1. The molecule has 0 aliphatic carbocycles. The Balaban J connectivity index is 1.91. The molecule has 0 aliphatic heterocycles. The molecule has 0 saturated carbocycles. The second-order valence-electron chi connectivity index (χ2n) is 7.63. The third kappa shape index (κ3) is 5.72. The number of aliphatic hydroxyl groups excluding tert-OH is 2. The number of anilines is 2. The van der Waals surface area contributed by atoms with Gasteiger partial charge in [-0.3, -0.25) is 9.59 Å². The highest BCUT2D eigenvalue weighted by Crippen LogP contribution is 2.38. The van der Waals surface area contributed by atoms with Crippen molar-refractivity contribution >= 4 is 34.0 Å². The SMILES string of the molecule is CC(CO)c1ccc(-c2cc(C(N)=O)c(Nc3cccc(C(=O)N[C@H](C)CO)n3)s2)c(F)c1. The van der Waals surface area contributed by atoms with Crippen LogP contribution in [0, 0.1) is 5.82 Å². The number of carbonyl (C=O) groups is 2. The van der Waals surface area contributed by atoms with Crippen LogP contribution in [0.15, 0.2) is 42.5 Å². The Morgan fingerprint density at radius 2 is 1.91 bits per heavy atom. The van der Waals surface area contributed by atoms with Crippen LogP contribution in [0.1, 0.15) is 46.2 Å². The number of nitrogens with one attached hydrogen (secondary N) is 2. The Labute approximate surface area is 194 Å². The Hall–Kier alpha value is -3.34. The lowest BCUT2D eigenvalue weighted by molar-refractivity contribution is 0.0916. The van der Waals surface area contributed by atoms with Crippen LogP contribution in [0.4, 0.5) is 15.2 Å². The van der Waals surface area contributed by atoms with Gasteiger partial charge in [0.1, 0.15) is 22.3 Å². The molecule has 0 saturated heterocycles. The number of hydrogen-bond acceptors (Lipinski definition) is 7. The first kappa shape index (κ1) is 24.3. The first-order chi connectivity index (χ1) is 15.7. The summed E-state index contributed by atoms with van der Waals surface area (Å²) < 4.78 is 14.8. The van der Waals surface area contributed by atoms with Gasteiger partial charge in [0.25, 0.3) is 11.8 Å². The molecule has 0 aliphatic rings. The van der Waals surface area contributed by atoms with Crippen molar-refractivity contribution in [1.29, 1.82) is 0 Å². The predicted molar refractivity (Wildman–Crippen MR) is 125 cm³/mol. The first-order valence-corrected chi connectivity index (χ1v) is 11.0. The highest BCUT2D eigenvalue weighted by molar-refractivity contribution is 7.19. The smallest absolute Gasteiger partial charge is 0.270 e. The summed E-state index contributed by atoms with van der Waals surface area (Å²) in [7, 11) is 0. The van der Waals surface area contributed by atoms with Crippen molar-refractivity contribution in [3.8, 4) is 10.4 Å². The van der Waals surface area contributed by atoms with Crippen molar-refractivity contribution in [2.45, 2.75) is 25.8 Å². The molecule has 2 atom stereocenters. The number of halogens is 1. The zero-order chi connectivity index (χ0) is 24.1. The van der Waals surface area contributed by atoms with Crippen molar-refractivity contribution in [3.63, 3.8) is 0 Å². The number of amides is 2. The molecule has 0 fully saturated rings. The van der Waals surface area contributed by atoms with Gasteiger partial charge in [0.05, 0.1) is 12.2 Å². The van der Waals surface area contributed by atoms with E-state index in [0.717, 1.165) is 11.3 Å². The van der Waals surface area contributed by atoms with Gasteiger partial charge in [-0.1, -0.05) is 25.1 Å². The Bertz CT molecular complexity index is 1170. The van der Waals surface area contributed by atoms with E-state index in [1.807, 2.05) is 0 Å². The van der Waals surface area contributed by atoms with Crippen LogP contribution in [-0.2, 0) is 0 Å². The normalized spacial score (nSPS) is 12.8. The molecule has 8 nitrogen and oxygen atoms in total. The highest BCUT2D eigenvalue weighted by atomic mass is 32.1. The van der Waals surface area contributed by atoms with Crippen LogP contribution >= 0.6 is 11.3 Å². The minimum atomic E-state index is -0.698. The maximum Gasteiger partial charge on any atom is 0.270 e. The molecule has 0 radical (unpaired) electrons. The van der Waals surface area contributed by atoms with Crippen molar-refractivity contribution in [3.05, 3.63) is 65.1 Å². The lowest BCUT2D eigenvalue weighted by Crippen LogP contribution is -2.35. The van der Waals surface area contributed by atoms with Crippen molar-refractivity contribution in [1.82, 2.24) is 10.3 Å². The molecule has 0 bridgehead atoms. The molecule has 0 spiro atoms. The summed E-state index contributed by atoms with van der Waals surface area (Å²) in [5, 5.41) is 24.4. The van der Waals surface area contributed by atoms with Gasteiger partial charge in [0.2, 0.25) is 0 Å². The largest absolute Gasteiger partial charge is 0.396 e. The summed E-state index contributed by atoms with van der Waals surface area (Å²) in [6.07, 6.45) is 0. The second-order valence-corrected chi connectivity index (χ2v) is 8.68. The minimum absolute atomic E-state index is 0.0965. The van der Waals surface area contributed by atoms with Crippen LogP contribution in [0.5, 0.6) is 0 Å². The van der Waals surface area contributed by atoms with Crippen LogP contribution in [0.25, 0.3) is 10.4 Å². The molecule has 174 valence electrons. The average Bonchev–Trinajstić information content (AvgIpc) is 3.22. The van der Waals surface area contributed by atoms with Crippen molar-refractivity contribution in [2.24, 2.45) is 5.73 Å². The van der Waals surface area contributed by atoms with Gasteiger partial charge in [-0.05, 0) is 36.8 Å². The molecule has 2 amide bonds. The fourth-order valence-corrected chi connectivity index (χ4v) is 4.13. The Morgan fingerprint density at radius 3 is 2.55 bits per heavy atom. The first-order valence-electron chi connectivity index (χ1n) is 10.2. The standard InChI is InChI=1S/C23H25FN4O4S/c1-12(10-29)14-6-7-15(17(24)8-14)19-9-16(21(25)31)23(33-19)28-20-5-3-4-18(27-20)22(32)26-13(2)11-30/h3-9,12-13,29-30H,10-11H2,1-2H3,(H2,25,31)(H,26,32)(H,27,28)/t12?,13-/m1/s1. The number of primary amides is 1. The number of thiophene rings is 1. The maximum atomic E-state index is 14.8. The zero-order valence-corrected chi connectivity index (χ0v) is 18.9. The lowest BCUT2D eigenvalue weighted by atomic mass is 9.99. The molecule has 33 heavy (non-hydrogen) atoms. The Kier molecular flexibility index (Phi) is 7.75. The van der Waals surface area contributed by atoms with E-state index >= 15 is 0 Å². The topological polar surface area (TPSA) is 138 Å². The monoisotopic (exact) mass is 472 g/mol. The van der Waals surface area contributed by atoms with E-state index in [2.05, 4.69) is 15.6 Å². The van der Waals surface area contributed by atoms with E-state index in [4.69, 9.17) is 10.8 Å². The summed E-state index contributed by atoms with van der Waals surface area (Å²) in [5.41, 5.74) is 6.77. The fourth-order valence-electron chi connectivity index (χ4n) is 3.03. The van der Waals surface area contributed by atoms with Gasteiger partial charge in [0.15, 0.2) is 0 Å². The molecule has 1 unspecified atom stereocenters. The van der Waals surface area contributed by atoms with E-state index in [9.17, 15) is 19.1 Å². The summed E-state index contributed by atoms with van der Waals surface area (Å²) in [6.45, 7) is 3.14. The van der Waals surface area contributed by atoms with Crippen LogP contribution in [0.3, 0.4) is 0 Å². The number of nitrogens with two attached hydrogens (primary N) is 1. The lowest BCUT2D eigenvalue weighted by Gasteiger charge is -2.11. The van der Waals surface area contributed by atoms with E-state index in [0.29, 0.717) is 26.8 Å². The van der Waals surface area contributed by atoms with Crippen molar-refractivity contribution < 1.29 is 24.2 Å². The molecular weight excluding hydrogens is 447 g/mol. The second kappa shape index (κ2) is 10.5. The quantitative estimate of drug-likeness (QED) is 0.325. The molecule has 6 N–H and O–H groups in total. The molecule has 10 heteroatoms. The number of aliphatic hydroxyl groups is 2. The number of carbonyl (C=O) groups excluding carboxylic acids is 2. The van der Waals surface area contributed by atoms with Gasteiger partial charge < -0.3 is 26.6 Å². The fraction of sp³-hybridized carbons (Fsp3) is 0.261. The Morgan fingerprint density at radius 1 is 1.15 bits per heavy atom. The van der Waals surface area contributed by atoms with Crippen LogP contribution in [-0.4, -0.2) is 46.3 Å². The minimum Gasteiger partial charge on any atom is -0.396 e. The van der Waals surface area contributed by atoms with Gasteiger partial charge in [-0.2, -0.15) is 0 Å². The zero-order valence-electron chi connectivity index (χ0n) is 18.1. The van der Waals surface area contributed by atoms with Gasteiger partial charge >= 0.3 is 0 Å². The van der Waals surface area contributed by atoms with Crippen LogP contribution in [0.2, 0.25) is 0 Å². The van der Waals surface area contributed by atoms with Crippen LogP contribution < -0.4 is 16.4 Å². The summed E-state index contributed by atoms with van der Waals surface area (Å²) >= 11 is 1.12. The predicted octanol–water partition coefficient (Wildman–Crippen LogP) is 3.00. The van der Waals surface area contributed by atoms with Crippen molar-refractivity contribution in [2.75, 3.05) is 18.5 Å².